The highest BCUT2D eigenvalue weighted by Gasteiger charge is 2.08. The second kappa shape index (κ2) is 8.32. The molecule has 0 saturated heterocycles. The summed E-state index contributed by atoms with van der Waals surface area (Å²) < 4.78 is 0. The van der Waals surface area contributed by atoms with Crippen LogP contribution in [0.25, 0.3) is 21.8 Å². The van der Waals surface area contributed by atoms with Crippen molar-refractivity contribution in [1.82, 2.24) is 9.97 Å². The van der Waals surface area contributed by atoms with Gasteiger partial charge in [-0.15, -0.1) is 0 Å². The Morgan fingerprint density at radius 2 is 1.48 bits per heavy atom. The molecule has 0 aliphatic rings. The van der Waals surface area contributed by atoms with Crippen molar-refractivity contribution in [2.75, 3.05) is 10.6 Å². The highest BCUT2D eigenvalue weighted by atomic mass is 16.1. The number of nitrogens with one attached hydrogen (secondary N) is 3. The molecule has 0 bridgehead atoms. The molecule has 0 aliphatic heterocycles. The summed E-state index contributed by atoms with van der Waals surface area (Å²) in [5.41, 5.74) is 5.80. The van der Waals surface area contributed by atoms with Crippen molar-refractivity contribution in [3.05, 3.63) is 96.8 Å². The van der Waals surface area contributed by atoms with Crippen LogP contribution < -0.4 is 10.6 Å². The van der Waals surface area contributed by atoms with Gasteiger partial charge in [-0.05, 0) is 55.0 Å². The van der Waals surface area contributed by atoms with Gasteiger partial charge in [-0.3, -0.25) is 9.78 Å². The van der Waals surface area contributed by atoms with Crippen molar-refractivity contribution in [2.24, 2.45) is 0 Å². The highest BCUT2D eigenvalue weighted by Crippen LogP contribution is 2.25. The predicted octanol–water partition coefficient (Wildman–Crippen LogP) is 6.03. The minimum absolute atomic E-state index is 0.0235. The summed E-state index contributed by atoms with van der Waals surface area (Å²) in [5.74, 6) is -0.0235. The molecule has 3 aromatic carbocycles. The van der Waals surface area contributed by atoms with E-state index in [0.717, 1.165) is 39.2 Å². The van der Waals surface area contributed by atoms with E-state index in [0.29, 0.717) is 12.8 Å². The van der Waals surface area contributed by atoms with E-state index in [1.165, 1.54) is 5.39 Å². The number of fused-ring (bicyclic) bond motifs is 3. The molecule has 31 heavy (non-hydrogen) atoms. The van der Waals surface area contributed by atoms with E-state index in [1.807, 2.05) is 72.9 Å². The molecule has 2 aromatic heterocycles. The van der Waals surface area contributed by atoms with Crippen molar-refractivity contribution in [3.8, 4) is 0 Å². The number of rotatable bonds is 6. The molecule has 0 atom stereocenters. The van der Waals surface area contributed by atoms with Crippen molar-refractivity contribution >= 4 is 44.8 Å². The number of pyridine rings is 1. The molecule has 5 rings (SSSR count). The highest BCUT2D eigenvalue weighted by molar-refractivity contribution is 6.07. The number of aromatic amines is 1. The Bertz CT molecular complexity index is 1340. The first-order valence-electron chi connectivity index (χ1n) is 10.3. The molecule has 152 valence electrons. The van der Waals surface area contributed by atoms with Gasteiger partial charge in [0.15, 0.2) is 0 Å². The van der Waals surface area contributed by atoms with Crippen molar-refractivity contribution in [3.63, 3.8) is 0 Å². The molecule has 0 aliphatic carbocycles. The van der Waals surface area contributed by atoms with Crippen LogP contribution in [0.4, 0.5) is 17.1 Å². The van der Waals surface area contributed by atoms with Gasteiger partial charge < -0.3 is 15.6 Å². The van der Waals surface area contributed by atoms with Crippen LogP contribution in [0.2, 0.25) is 0 Å². The second-order valence-corrected chi connectivity index (χ2v) is 7.51. The molecular weight excluding hydrogens is 384 g/mol. The van der Waals surface area contributed by atoms with E-state index in [-0.39, 0.29) is 5.91 Å². The summed E-state index contributed by atoms with van der Waals surface area (Å²) in [6, 6.07) is 28.0. The van der Waals surface area contributed by atoms with Crippen molar-refractivity contribution in [1.29, 1.82) is 0 Å². The zero-order valence-corrected chi connectivity index (χ0v) is 16.9. The number of amides is 1. The van der Waals surface area contributed by atoms with E-state index >= 15 is 0 Å². The fraction of sp³-hybridized carbons (Fsp3) is 0.0769. The van der Waals surface area contributed by atoms with E-state index in [9.17, 15) is 4.79 Å². The van der Waals surface area contributed by atoms with Crippen molar-refractivity contribution in [2.45, 2.75) is 12.8 Å². The number of anilines is 3. The second-order valence-electron chi connectivity index (χ2n) is 7.51. The summed E-state index contributed by atoms with van der Waals surface area (Å²) in [4.78, 5) is 20.3. The number of H-pyrrole nitrogens is 1. The Labute approximate surface area is 180 Å². The lowest BCUT2D eigenvalue weighted by molar-refractivity contribution is -0.116. The zero-order chi connectivity index (χ0) is 21.0. The molecule has 0 saturated carbocycles. The lowest BCUT2D eigenvalue weighted by Gasteiger charge is -2.09. The Morgan fingerprint density at radius 1 is 0.774 bits per heavy atom. The summed E-state index contributed by atoms with van der Waals surface area (Å²) in [6.07, 6.45) is 2.82. The molecule has 0 unspecified atom stereocenters. The maximum absolute atomic E-state index is 12.4. The van der Waals surface area contributed by atoms with Gasteiger partial charge in [-0.2, -0.15) is 0 Å². The van der Waals surface area contributed by atoms with Crippen LogP contribution in [-0.4, -0.2) is 15.9 Å². The fourth-order valence-corrected chi connectivity index (χ4v) is 3.72. The number of benzene rings is 3. The summed E-state index contributed by atoms with van der Waals surface area (Å²) in [7, 11) is 0. The number of hydrogen-bond donors (Lipinski definition) is 3. The van der Waals surface area contributed by atoms with Crippen molar-refractivity contribution < 1.29 is 4.79 Å². The molecule has 5 aromatic rings. The Morgan fingerprint density at radius 3 is 2.32 bits per heavy atom. The van der Waals surface area contributed by atoms with Gasteiger partial charge in [0.1, 0.15) is 0 Å². The molecule has 1 amide bonds. The average Bonchev–Trinajstić information content (AvgIpc) is 3.18. The van der Waals surface area contributed by atoms with Crippen LogP contribution in [-0.2, 0) is 11.2 Å². The number of hydrogen-bond acceptors (Lipinski definition) is 3. The third kappa shape index (κ3) is 4.26. The first kappa shape index (κ1) is 18.9. The number of nitrogens with zero attached hydrogens (tertiary/aromatic N) is 1. The topological polar surface area (TPSA) is 69.8 Å². The SMILES string of the molecule is O=C(CCc1cc2c(cn1)[nH]c1ccccc12)Nc1ccc(Nc2ccccc2)cc1. The van der Waals surface area contributed by atoms with Gasteiger partial charge in [0.05, 0.1) is 11.7 Å². The Balaban J connectivity index is 1.20. The number of aromatic nitrogens is 2. The third-order valence-electron chi connectivity index (χ3n) is 5.29. The van der Waals surface area contributed by atoms with Crippen LogP contribution in [0, 0.1) is 0 Å². The van der Waals surface area contributed by atoms with Gasteiger partial charge in [0, 0.05) is 45.5 Å². The largest absolute Gasteiger partial charge is 0.356 e. The standard InChI is InChI=1S/C26H22N4O/c31-26(29-20-12-10-19(11-13-20)28-18-6-2-1-3-7-18)15-14-21-16-23-22-8-4-5-9-24(22)30-25(23)17-27-21/h1-13,16-17,28,30H,14-15H2,(H,29,31). The number of aryl methyl sites for hydroxylation is 1. The third-order valence-corrected chi connectivity index (χ3v) is 5.29. The molecular formula is C26H22N4O. The van der Waals surface area contributed by atoms with Gasteiger partial charge in [0.25, 0.3) is 0 Å². The molecule has 5 nitrogen and oxygen atoms in total. The number of carbonyl (C=O) groups excluding carboxylic acids is 1. The Kier molecular flexibility index (Phi) is 5.07. The normalized spacial score (nSPS) is 11.0. The summed E-state index contributed by atoms with van der Waals surface area (Å²) in [5, 5.41) is 8.61. The lowest BCUT2D eigenvalue weighted by atomic mass is 10.1. The first-order chi connectivity index (χ1) is 15.2. The van der Waals surface area contributed by atoms with Crippen LogP contribution in [0.3, 0.4) is 0 Å². The minimum Gasteiger partial charge on any atom is -0.356 e. The lowest BCUT2D eigenvalue weighted by Crippen LogP contribution is -2.12. The van der Waals surface area contributed by atoms with Gasteiger partial charge >= 0.3 is 0 Å². The van der Waals surface area contributed by atoms with Gasteiger partial charge in [0.2, 0.25) is 5.91 Å². The van der Waals surface area contributed by atoms with Crippen LogP contribution in [0.5, 0.6) is 0 Å². The van der Waals surface area contributed by atoms with E-state index in [2.05, 4.69) is 38.8 Å². The minimum atomic E-state index is -0.0235. The first-order valence-corrected chi connectivity index (χ1v) is 10.3. The molecule has 0 fully saturated rings. The number of carbonyl (C=O) groups is 1. The van der Waals surface area contributed by atoms with Crippen LogP contribution in [0.15, 0.2) is 91.1 Å². The molecule has 2 heterocycles. The smallest absolute Gasteiger partial charge is 0.224 e. The van der Waals surface area contributed by atoms with E-state index in [4.69, 9.17) is 0 Å². The van der Waals surface area contributed by atoms with E-state index in [1.54, 1.807) is 0 Å². The van der Waals surface area contributed by atoms with Crippen LogP contribution >= 0.6 is 0 Å². The van der Waals surface area contributed by atoms with E-state index < -0.39 is 0 Å². The average molecular weight is 406 g/mol. The zero-order valence-electron chi connectivity index (χ0n) is 16.9. The summed E-state index contributed by atoms with van der Waals surface area (Å²) >= 11 is 0. The summed E-state index contributed by atoms with van der Waals surface area (Å²) in [6.45, 7) is 0. The quantitative estimate of drug-likeness (QED) is 0.322. The fourth-order valence-electron chi connectivity index (χ4n) is 3.72. The van der Waals surface area contributed by atoms with Gasteiger partial charge in [-0.1, -0.05) is 36.4 Å². The number of para-hydroxylation sites is 2. The Hall–Kier alpha value is -4.12. The molecule has 3 N–H and O–H groups in total. The molecule has 5 heteroatoms. The monoisotopic (exact) mass is 406 g/mol. The van der Waals surface area contributed by atoms with Gasteiger partial charge in [-0.25, -0.2) is 0 Å². The molecule has 0 radical (unpaired) electrons. The maximum Gasteiger partial charge on any atom is 0.224 e. The van der Waals surface area contributed by atoms with Crippen LogP contribution in [0.1, 0.15) is 12.1 Å². The predicted molar refractivity (Wildman–Crippen MR) is 127 cm³/mol. The maximum atomic E-state index is 12.4. The molecule has 0 spiro atoms.